The second-order valence-corrected chi connectivity index (χ2v) is 3.78. The number of hydrogen-bond acceptors (Lipinski definition) is 7. The SMILES string of the molecule is COCCOCCCCNc1cc(N)nc(N)n1. The van der Waals surface area contributed by atoms with E-state index in [1.54, 1.807) is 13.2 Å². The third-order valence-corrected chi connectivity index (χ3v) is 2.22. The highest BCUT2D eigenvalue weighted by Crippen LogP contribution is 2.09. The van der Waals surface area contributed by atoms with Gasteiger partial charge in [0.15, 0.2) is 0 Å². The number of nitrogens with zero attached hydrogens (tertiary/aromatic N) is 2. The summed E-state index contributed by atoms with van der Waals surface area (Å²) in [6, 6.07) is 1.66. The second kappa shape index (κ2) is 8.48. The van der Waals surface area contributed by atoms with Crippen molar-refractivity contribution in [3.05, 3.63) is 6.07 Å². The van der Waals surface area contributed by atoms with Gasteiger partial charge >= 0.3 is 0 Å². The highest BCUT2D eigenvalue weighted by atomic mass is 16.5. The molecule has 0 unspecified atom stereocenters. The van der Waals surface area contributed by atoms with Gasteiger partial charge < -0.3 is 26.3 Å². The highest BCUT2D eigenvalue weighted by molar-refractivity contribution is 5.48. The standard InChI is InChI=1S/C11H21N5O2/c1-17-6-7-18-5-3-2-4-14-10-8-9(12)15-11(13)16-10/h8H,2-7H2,1H3,(H5,12,13,14,15,16). The van der Waals surface area contributed by atoms with Gasteiger partial charge in [0.05, 0.1) is 13.2 Å². The van der Waals surface area contributed by atoms with E-state index in [2.05, 4.69) is 15.3 Å². The van der Waals surface area contributed by atoms with Crippen LogP contribution < -0.4 is 16.8 Å². The van der Waals surface area contributed by atoms with Crippen LogP contribution in [0.15, 0.2) is 6.07 Å². The van der Waals surface area contributed by atoms with Gasteiger partial charge in [-0.15, -0.1) is 0 Å². The molecule has 0 saturated heterocycles. The Morgan fingerprint density at radius 2 is 2.00 bits per heavy atom. The van der Waals surface area contributed by atoms with E-state index in [0.29, 0.717) is 24.8 Å². The molecule has 5 N–H and O–H groups in total. The zero-order valence-corrected chi connectivity index (χ0v) is 10.7. The topological polar surface area (TPSA) is 108 Å². The monoisotopic (exact) mass is 255 g/mol. The molecule has 1 heterocycles. The summed E-state index contributed by atoms with van der Waals surface area (Å²) >= 11 is 0. The molecule has 0 amide bonds. The average molecular weight is 255 g/mol. The van der Waals surface area contributed by atoms with Crippen LogP contribution in [-0.2, 0) is 9.47 Å². The Kier molecular flexibility index (Phi) is 6.82. The minimum atomic E-state index is 0.181. The van der Waals surface area contributed by atoms with E-state index in [4.69, 9.17) is 20.9 Å². The summed E-state index contributed by atoms with van der Waals surface area (Å²) in [5, 5.41) is 3.14. The molecular formula is C11H21N5O2. The minimum Gasteiger partial charge on any atom is -0.383 e. The summed E-state index contributed by atoms with van der Waals surface area (Å²) in [6.07, 6.45) is 1.96. The number of hydrogen-bond donors (Lipinski definition) is 3. The van der Waals surface area contributed by atoms with E-state index in [0.717, 1.165) is 26.0 Å². The van der Waals surface area contributed by atoms with Gasteiger partial charge in [-0.2, -0.15) is 9.97 Å². The largest absolute Gasteiger partial charge is 0.383 e. The predicted molar refractivity (Wildman–Crippen MR) is 71.3 cm³/mol. The second-order valence-electron chi connectivity index (χ2n) is 3.78. The molecule has 18 heavy (non-hydrogen) atoms. The molecule has 102 valence electrons. The number of ether oxygens (including phenoxy) is 2. The normalized spacial score (nSPS) is 10.5. The lowest BCUT2D eigenvalue weighted by molar-refractivity contribution is 0.0691. The fraction of sp³-hybridized carbons (Fsp3) is 0.636. The maximum atomic E-state index is 5.55. The summed E-state index contributed by atoms with van der Waals surface area (Å²) < 4.78 is 10.2. The smallest absolute Gasteiger partial charge is 0.223 e. The van der Waals surface area contributed by atoms with Gasteiger partial charge in [-0.1, -0.05) is 0 Å². The molecule has 0 aliphatic carbocycles. The van der Waals surface area contributed by atoms with Crippen molar-refractivity contribution in [2.75, 3.05) is 50.3 Å². The van der Waals surface area contributed by atoms with E-state index >= 15 is 0 Å². The molecule has 1 aromatic rings. The van der Waals surface area contributed by atoms with Crippen LogP contribution in [0.5, 0.6) is 0 Å². The molecule has 1 aromatic heterocycles. The lowest BCUT2D eigenvalue weighted by atomic mass is 10.3. The molecule has 1 rings (SSSR count). The number of nitrogen functional groups attached to an aromatic ring is 2. The molecule has 0 bridgehead atoms. The van der Waals surface area contributed by atoms with Gasteiger partial charge in [0.2, 0.25) is 5.95 Å². The molecular weight excluding hydrogens is 234 g/mol. The van der Waals surface area contributed by atoms with Crippen molar-refractivity contribution in [3.63, 3.8) is 0 Å². The number of nitrogens with two attached hydrogens (primary N) is 2. The molecule has 0 fully saturated rings. The van der Waals surface area contributed by atoms with Crippen LogP contribution in [0.1, 0.15) is 12.8 Å². The Labute approximate surface area is 107 Å². The van der Waals surface area contributed by atoms with Crippen molar-refractivity contribution < 1.29 is 9.47 Å². The van der Waals surface area contributed by atoms with Crippen molar-refractivity contribution in [3.8, 4) is 0 Å². The number of methoxy groups -OCH3 is 1. The van der Waals surface area contributed by atoms with Crippen molar-refractivity contribution in [1.82, 2.24) is 9.97 Å². The van der Waals surface area contributed by atoms with Gasteiger partial charge in [0.1, 0.15) is 11.6 Å². The summed E-state index contributed by atoms with van der Waals surface area (Å²) in [5.41, 5.74) is 11.0. The van der Waals surface area contributed by atoms with Gasteiger partial charge in [-0.05, 0) is 12.8 Å². The number of anilines is 3. The van der Waals surface area contributed by atoms with E-state index in [1.807, 2.05) is 0 Å². The van der Waals surface area contributed by atoms with Crippen LogP contribution in [0.25, 0.3) is 0 Å². The van der Waals surface area contributed by atoms with E-state index in [-0.39, 0.29) is 5.95 Å². The molecule has 0 saturated carbocycles. The quantitative estimate of drug-likeness (QED) is 0.551. The fourth-order valence-electron chi connectivity index (χ4n) is 1.37. The number of rotatable bonds is 9. The minimum absolute atomic E-state index is 0.181. The van der Waals surface area contributed by atoms with Crippen LogP contribution in [0.2, 0.25) is 0 Å². The maximum Gasteiger partial charge on any atom is 0.223 e. The summed E-state index contributed by atoms with van der Waals surface area (Å²) in [7, 11) is 1.66. The fourth-order valence-corrected chi connectivity index (χ4v) is 1.37. The first-order valence-corrected chi connectivity index (χ1v) is 5.93. The number of aromatic nitrogens is 2. The first-order valence-electron chi connectivity index (χ1n) is 5.93. The molecule has 0 spiro atoms. The summed E-state index contributed by atoms with van der Waals surface area (Å²) in [4.78, 5) is 7.81. The molecule has 0 atom stereocenters. The van der Waals surface area contributed by atoms with Gasteiger partial charge in [0, 0.05) is 26.3 Å². The van der Waals surface area contributed by atoms with E-state index in [1.165, 1.54) is 0 Å². The Bertz CT molecular complexity index is 328. The van der Waals surface area contributed by atoms with Crippen LogP contribution in [0, 0.1) is 0 Å². The van der Waals surface area contributed by atoms with Gasteiger partial charge in [0.25, 0.3) is 0 Å². The number of unbranched alkanes of at least 4 members (excludes halogenated alkanes) is 1. The van der Waals surface area contributed by atoms with Crippen molar-refractivity contribution in [2.24, 2.45) is 0 Å². The zero-order valence-electron chi connectivity index (χ0n) is 10.7. The Hall–Kier alpha value is -1.60. The molecule has 7 nitrogen and oxygen atoms in total. The predicted octanol–water partition coefficient (Wildman–Crippen LogP) is 0.496. The van der Waals surface area contributed by atoms with E-state index < -0.39 is 0 Å². The first kappa shape index (κ1) is 14.5. The zero-order chi connectivity index (χ0) is 13.2. The Balaban J connectivity index is 2.07. The highest BCUT2D eigenvalue weighted by Gasteiger charge is 1.98. The third-order valence-electron chi connectivity index (χ3n) is 2.22. The maximum absolute atomic E-state index is 5.55. The Morgan fingerprint density at radius 1 is 1.17 bits per heavy atom. The number of nitrogens with one attached hydrogen (secondary N) is 1. The summed E-state index contributed by atoms with van der Waals surface area (Å²) in [5.74, 6) is 1.20. The Morgan fingerprint density at radius 3 is 2.72 bits per heavy atom. The lowest BCUT2D eigenvalue weighted by Crippen LogP contribution is -2.09. The van der Waals surface area contributed by atoms with Crippen LogP contribution in [-0.4, -0.2) is 43.4 Å². The van der Waals surface area contributed by atoms with Crippen LogP contribution in [0.4, 0.5) is 17.6 Å². The molecule has 7 heteroatoms. The molecule has 0 aromatic carbocycles. The van der Waals surface area contributed by atoms with Gasteiger partial charge in [-0.25, -0.2) is 0 Å². The van der Waals surface area contributed by atoms with Crippen molar-refractivity contribution >= 4 is 17.6 Å². The van der Waals surface area contributed by atoms with Crippen molar-refractivity contribution in [1.29, 1.82) is 0 Å². The molecule has 0 radical (unpaired) electrons. The molecule has 0 aliphatic heterocycles. The average Bonchev–Trinajstić information content (AvgIpc) is 2.31. The first-order chi connectivity index (χ1) is 8.72. The summed E-state index contributed by atoms with van der Waals surface area (Å²) in [6.45, 7) is 2.81. The van der Waals surface area contributed by atoms with Crippen LogP contribution in [0.3, 0.4) is 0 Å². The lowest BCUT2D eigenvalue weighted by Gasteiger charge is -2.07. The van der Waals surface area contributed by atoms with Crippen molar-refractivity contribution in [2.45, 2.75) is 12.8 Å². The van der Waals surface area contributed by atoms with Crippen LogP contribution >= 0.6 is 0 Å². The van der Waals surface area contributed by atoms with Gasteiger partial charge in [-0.3, -0.25) is 0 Å². The third kappa shape index (κ3) is 6.21. The molecule has 0 aliphatic rings. The van der Waals surface area contributed by atoms with E-state index in [9.17, 15) is 0 Å².